The number of hydrogen-bond acceptors (Lipinski definition) is 7. The Kier molecular flexibility index (Phi) is 3.90. The highest BCUT2D eigenvalue weighted by atomic mass is 32.2. The molecule has 0 saturated heterocycles. The third kappa shape index (κ3) is 3.10. The number of amides is 1. The smallest absolute Gasteiger partial charge is 0.244 e. The first-order chi connectivity index (χ1) is 10.9. The van der Waals surface area contributed by atoms with Crippen LogP contribution in [-0.4, -0.2) is 40.8 Å². The highest BCUT2D eigenvalue weighted by Crippen LogP contribution is 2.39. The van der Waals surface area contributed by atoms with Gasteiger partial charge in [0.1, 0.15) is 10.4 Å². The summed E-state index contributed by atoms with van der Waals surface area (Å²) in [5, 5.41) is 10.4. The summed E-state index contributed by atoms with van der Waals surface area (Å²) in [6.45, 7) is -0.378. The highest BCUT2D eigenvalue weighted by Gasteiger charge is 2.43. The van der Waals surface area contributed by atoms with E-state index in [1.54, 1.807) is 7.05 Å². The van der Waals surface area contributed by atoms with E-state index in [-0.39, 0.29) is 11.4 Å². The molecule has 23 heavy (non-hydrogen) atoms. The fourth-order valence-electron chi connectivity index (χ4n) is 2.41. The van der Waals surface area contributed by atoms with Crippen molar-refractivity contribution in [1.29, 1.82) is 0 Å². The topological polar surface area (TPSA) is 132 Å². The van der Waals surface area contributed by atoms with Crippen LogP contribution < -0.4 is 10.0 Å². The normalized spacial score (nSPS) is 16.7. The molecule has 1 amide bonds. The molecule has 124 valence electrons. The van der Waals surface area contributed by atoms with E-state index in [0.29, 0.717) is 18.7 Å². The Hall–Kier alpha value is -2.27. The first-order valence-corrected chi connectivity index (χ1v) is 8.46. The molecule has 11 heteroatoms. The van der Waals surface area contributed by atoms with E-state index in [9.17, 15) is 13.2 Å². The van der Waals surface area contributed by atoms with Crippen LogP contribution in [0.2, 0.25) is 0 Å². The van der Waals surface area contributed by atoms with Gasteiger partial charge in [-0.2, -0.15) is 10.1 Å². The number of rotatable bonds is 6. The molecule has 1 aliphatic rings. The summed E-state index contributed by atoms with van der Waals surface area (Å²) >= 11 is 0. The van der Waals surface area contributed by atoms with Crippen molar-refractivity contribution in [1.82, 2.24) is 30.0 Å². The first kappa shape index (κ1) is 15.6. The lowest BCUT2D eigenvalue weighted by atomic mass is 9.76. The van der Waals surface area contributed by atoms with E-state index < -0.39 is 21.5 Å². The van der Waals surface area contributed by atoms with E-state index in [1.165, 1.54) is 23.5 Å². The standard InChI is InChI=1S/C12H16N6O4S/c1-18-7-9(5-14-18)23(20,21)15-6-10(19)16-12(3-2-4-12)11-13-8-22-17-11/h5,7-8,15H,2-4,6H2,1H3,(H,16,19). The van der Waals surface area contributed by atoms with Crippen molar-refractivity contribution in [3.8, 4) is 0 Å². The molecule has 0 aliphatic heterocycles. The van der Waals surface area contributed by atoms with Crippen molar-refractivity contribution in [2.75, 3.05) is 6.54 Å². The summed E-state index contributed by atoms with van der Waals surface area (Å²) in [6.07, 6.45) is 6.07. The van der Waals surface area contributed by atoms with Crippen LogP contribution in [0.25, 0.3) is 0 Å². The Balaban J connectivity index is 1.62. The molecule has 10 nitrogen and oxygen atoms in total. The molecule has 0 unspecified atom stereocenters. The summed E-state index contributed by atoms with van der Waals surface area (Å²) in [5.74, 6) is -0.0471. The van der Waals surface area contributed by atoms with Crippen LogP contribution in [0.1, 0.15) is 25.1 Å². The van der Waals surface area contributed by atoms with Crippen LogP contribution in [0.5, 0.6) is 0 Å². The van der Waals surface area contributed by atoms with Crippen molar-refractivity contribution in [2.24, 2.45) is 7.05 Å². The summed E-state index contributed by atoms with van der Waals surface area (Å²) in [6, 6.07) is 0. The molecule has 1 aliphatic carbocycles. The molecule has 0 spiro atoms. The number of nitrogens with zero attached hydrogens (tertiary/aromatic N) is 4. The molecule has 2 aromatic heterocycles. The zero-order chi connectivity index (χ0) is 16.5. The van der Waals surface area contributed by atoms with E-state index in [1.807, 2.05) is 0 Å². The minimum absolute atomic E-state index is 0.00400. The fraction of sp³-hybridized carbons (Fsp3) is 0.500. The number of aromatic nitrogens is 4. The van der Waals surface area contributed by atoms with Crippen LogP contribution in [0.4, 0.5) is 0 Å². The van der Waals surface area contributed by atoms with Crippen molar-refractivity contribution in [3.63, 3.8) is 0 Å². The van der Waals surface area contributed by atoms with Gasteiger partial charge in [0.2, 0.25) is 22.3 Å². The molecule has 0 bridgehead atoms. The number of hydrogen-bond donors (Lipinski definition) is 2. The number of aryl methyl sites for hydroxylation is 1. The first-order valence-electron chi connectivity index (χ1n) is 6.97. The summed E-state index contributed by atoms with van der Waals surface area (Å²) in [5.41, 5.74) is -0.663. The molecule has 2 N–H and O–H groups in total. The van der Waals surface area contributed by atoms with Crippen molar-refractivity contribution >= 4 is 15.9 Å². The van der Waals surface area contributed by atoms with Crippen LogP contribution >= 0.6 is 0 Å². The van der Waals surface area contributed by atoms with Gasteiger partial charge in [-0.3, -0.25) is 9.48 Å². The number of carbonyl (C=O) groups is 1. The van der Waals surface area contributed by atoms with Gasteiger partial charge in [-0.15, -0.1) is 0 Å². The van der Waals surface area contributed by atoms with Crippen LogP contribution in [0.3, 0.4) is 0 Å². The van der Waals surface area contributed by atoms with Gasteiger partial charge in [0.25, 0.3) is 0 Å². The van der Waals surface area contributed by atoms with Gasteiger partial charge < -0.3 is 9.84 Å². The maximum absolute atomic E-state index is 12.1. The summed E-state index contributed by atoms with van der Waals surface area (Å²) in [7, 11) is -2.17. The molecule has 0 radical (unpaired) electrons. The third-order valence-corrected chi connectivity index (χ3v) is 5.15. The Morgan fingerprint density at radius 2 is 2.26 bits per heavy atom. The molecule has 3 rings (SSSR count). The van der Waals surface area contributed by atoms with Gasteiger partial charge in [0, 0.05) is 13.2 Å². The van der Waals surface area contributed by atoms with E-state index in [2.05, 4.69) is 25.3 Å². The lowest BCUT2D eigenvalue weighted by molar-refractivity contribution is -0.123. The molecule has 0 atom stereocenters. The molecular weight excluding hydrogens is 324 g/mol. The summed E-state index contributed by atoms with van der Waals surface area (Å²) in [4.78, 5) is 16.1. The van der Waals surface area contributed by atoms with Gasteiger partial charge >= 0.3 is 0 Å². The fourth-order valence-corrected chi connectivity index (χ4v) is 3.37. The van der Waals surface area contributed by atoms with Crippen LogP contribution in [0, 0.1) is 0 Å². The van der Waals surface area contributed by atoms with Gasteiger partial charge in [0.15, 0.2) is 5.82 Å². The van der Waals surface area contributed by atoms with Gasteiger partial charge in [-0.05, 0) is 19.3 Å². The lowest BCUT2D eigenvalue weighted by Crippen LogP contribution is -2.53. The largest absolute Gasteiger partial charge is 0.343 e. The van der Waals surface area contributed by atoms with E-state index in [0.717, 1.165) is 6.42 Å². The molecule has 1 fully saturated rings. The average molecular weight is 340 g/mol. The van der Waals surface area contributed by atoms with Gasteiger partial charge in [-0.1, -0.05) is 5.16 Å². The molecule has 2 aromatic rings. The van der Waals surface area contributed by atoms with Crippen LogP contribution in [0.15, 0.2) is 28.2 Å². The van der Waals surface area contributed by atoms with Gasteiger partial charge in [0.05, 0.1) is 12.7 Å². The Morgan fingerprint density at radius 3 is 2.78 bits per heavy atom. The molecule has 2 heterocycles. The van der Waals surface area contributed by atoms with E-state index in [4.69, 9.17) is 4.52 Å². The van der Waals surface area contributed by atoms with E-state index >= 15 is 0 Å². The predicted molar refractivity (Wildman–Crippen MR) is 76.4 cm³/mol. The SMILES string of the molecule is Cn1cc(S(=O)(=O)NCC(=O)NC2(c3ncon3)CCC2)cn1. The number of sulfonamides is 1. The average Bonchev–Trinajstić information content (AvgIpc) is 3.12. The number of carbonyl (C=O) groups excluding carboxylic acids is 1. The Morgan fingerprint density at radius 1 is 1.48 bits per heavy atom. The molecular formula is C12H16N6O4S. The van der Waals surface area contributed by atoms with Crippen molar-refractivity contribution in [3.05, 3.63) is 24.6 Å². The monoisotopic (exact) mass is 340 g/mol. The Labute approximate surface area is 132 Å². The Bertz CT molecular complexity index is 793. The minimum atomic E-state index is -3.78. The lowest BCUT2D eigenvalue weighted by Gasteiger charge is -2.39. The third-order valence-electron chi connectivity index (χ3n) is 3.79. The summed E-state index contributed by atoms with van der Waals surface area (Å²) < 4.78 is 32.4. The predicted octanol–water partition coefficient (Wildman–Crippen LogP) is -0.723. The molecule has 1 saturated carbocycles. The number of nitrogens with one attached hydrogen (secondary N) is 2. The maximum atomic E-state index is 12.1. The van der Waals surface area contributed by atoms with Crippen molar-refractivity contribution in [2.45, 2.75) is 29.7 Å². The second kappa shape index (κ2) is 5.74. The van der Waals surface area contributed by atoms with Gasteiger partial charge in [-0.25, -0.2) is 13.1 Å². The zero-order valence-corrected chi connectivity index (χ0v) is 13.2. The van der Waals surface area contributed by atoms with Crippen molar-refractivity contribution < 1.29 is 17.7 Å². The quantitative estimate of drug-likeness (QED) is 0.709. The highest BCUT2D eigenvalue weighted by molar-refractivity contribution is 7.89. The van der Waals surface area contributed by atoms with Crippen LogP contribution in [-0.2, 0) is 27.4 Å². The second-order valence-corrected chi connectivity index (χ2v) is 7.18. The second-order valence-electron chi connectivity index (χ2n) is 5.41. The zero-order valence-electron chi connectivity index (χ0n) is 12.4. The molecule has 0 aromatic carbocycles. The minimum Gasteiger partial charge on any atom is -0.343 e. The maximum Gasteiger partial charge on any atom is 0.244 e.